The van der Waals surface area contributed by atoms with E-state index in [1.54, 1.807) is 0 Å². The zero-order valence-corrected chi connectivity index (χ0v) is 12.8. The van der Waals surface area contributed by atoms with Crippen LogP contribution in [0.25, 0.3) is 0 Å². The summed E-state index contributed by atoms with van der Waals surface area (Å²) in [4.78, 5) is 22.5. The molecule has 0 aliphatic carbocycles. The molecule has 2 N–H and O–H groups in total. The van der Waals surface area contributed by atoms with Crippen molar-refractivity contribution in [2.24, 2.45) is 0 Å². The van der Waals surface area contributed by atoms with E-state index in [1.807, 2.05) is 0 Å². The minimum Gasteiger partial charge on any atom is -0.876 e. The summed E-state index contributed by atoms with van der Waals surface area (Å²) in [7, 11) is 0. The van der Waals surface area contributed by atoms with E-state index < -0.39 is 11.9 Å². The zero-order chi connectivity index (χ0) is 15.0. The molecule has 0 aromatic carbocycles. The Kier molecular flexibility index (Phi) is 21.3. The number of hydrogen-bond acceptors (Lipinski definition) is 3. The molecule has 0 aromatic heterocycles. The van der Waals surface area contributed by atoms with Gasteiger partial charge in [-0.3, -0.25) is 9.59 Å². The van der Waals surface area contributed by atoms with E-state index >= 15 is 0 Å². The fourth-order valence-corrected chi connectivity index (χ4v) is 1.51. The molecule has 101 valence electrons. The van der Waals surface area contributed by atoms with Crippen LogP contribution in [-0.4, -0.2) is 42.0 Å². The average molecular weight is 315 g/mol. The molecule has 0 saturated carbocycles. The number of carbonyl (C=O) groups is 2. The van der Waals surface area contributed by atoms with Gasteiger partial charge in [-0.25, -0.2) is 0 Å². The Bertz CT molecular complexity index is 253. The second-order valence-electron chi connectivity index (χ2n) is 2.82. The molecule has 1 heterocycles. The SMILES string of the molecule is C1=C[CH]=[Ge][CH]=C1.C=C(C)[O-].CC(=O)O.CC(=O)O. The molecule has 6 heteroatoms. The topological polar surface area (TPSA) is 97.7 Å². The largest absolute Gasteiger partial charge is 0.876 e. The third-order valence-corrected chi connectivity index (χ3v) is 2.22. The first-order chi connectivity index (χ1) is 8.20. The second kappa shape index (κ2) is 17.8. The summed E-state index contributed by atoms with van der Waals surface area (Å²) in [5.74, 6) is -1.75. The van der Waals surface area contributed by atoms with Gasteiger partial charge in [0.05, 0.1) is 0 Å². The number of allylic oxidation sites excluding steroid dienone is 4. The van der Waals surface area contributed by atoms with E-state index in [0.717, 1.165) is 13.8 Å². The molecular formula is C12H18GeO5-. The predicted octanol–water partition coefficient (Wildman–Crippen LogP) is 0.638. The van der Waals surface area contributed by atoms with E-state index in [0.29, 0.717) is 0 Å². The van der Waals surface area contributed by atoms with E-state index in [4.69, 9.17) is 19.8 Å². The van der Waals surface area contributed by atoms with Crippen LogP contribution in [0.5, 0.6) is 0 Å². The molecule has 1 aliphatic rings. The van der Waals surface area contributed by atoms with Crippen LogP contribution < -0.4 is 5.11 Å². The van der Waals surface area contributed by atoms with Gasteiger partial charge in [0.1, 0.15) is 0 Å². The van der Waals surface area contributed by atoms with Gasteiger partial charge in [0.2, 0.25) is 0 Å². The number of carboxylic acid groups (broad SMARTS) is 2. The molecule has 1 rings (SSSR count). The van der Waals surface area contributed by atoms with Crippen molar-refractivity contribution in [2.45, 2.75) is 20.8 Å². The Hall–Kier alpha value is -1.63. The number of rotatable bonds is 0. The van der Waals surface area contributed by atoms with Gasteiger partial charge in [0, 0.05) is 13.8 Å². The molecule has 0 fully saturated rings. The van der Waals surface area contributed by atoms with Crippen molar-refractivity contribution < 1.29 is 24.9 Å². The van der Waals surface area contributed by atoms with Crippen LogP contribution in [-0.2, 0) is 9.59 Å². The van der Waals surface area contributed by atoms with Gasteiger partial charge < -0.3 is 15.3 Å². The Morgan fingerprint density at radius 2 is 1.39 bits per heavy atom. The maximum atomic E-state index is 9.33. The summed E-state index contributed by atoms with van der Waals surface area (Å²) >= 11 is 0.215. The van der Waals surface area contributed by atoms with Gasteiger partial charge in [0.15, 0.2) is 0 Å². The number of carboxylic acids is 2. The van der Waals surface area contributed by atoms with Crippen LogP contribution in [0.1, 0.15) is 20.8 Å². The number of aliphatic carboxylic acids is 2. The Balaban J connectivity index is -0.000000171. The van der Waals surface area contributed by atoms with Crippen LogP contribution in [0.2, 0.25) is 0 Å². The summed E-state index contributed by atoms with van der Waals surface area (Å²) in [5, 5.41) is 24.2. The maximum absolute atomic E-state index is 9.33. The standard InChI is InChI=1S/C5H5Ge.C3H6O.2C2H4O2/c1-2-4-6-5-3-1;1-3(2)4;2*1-2(3)4/h1-5H;4H,1H2,2H3;2*1H3,(H,3,4)/p-1. The summed E-state index contributed by atoms with van der Waals surface area (Å²) < 4.78 is 0. The Morgan fingerprint density at radius 1 is 1.06 bits per heavy atom. The Morgan fingerprint density at radius 3 is 1.44 bits per heavy atom. The van der Waals surface area contributed by atoms with E-state index in [-0.39, 0.29) is 20.8 Å². The molecule has 1 radical (unpaired) electrons. The first kappa shape index (κ1) is 21.6. The molecule has 1 aliphatic heterocycles. The quantitative estimate of drug-likeness (QED) is 0.505. The fraction of sp³-hybridized carbons (Fsp3) is 0.250. The second-order valence-corrected chi connectivity index (χ2v) is 4.92. The van der Waals surface area contributed by atoms with E-state index in [9.17, 15) is 5.11 Å². The summed E-state index contributed by atoms with van der Waals surface area (Å²) in [5.41, 5.74) is 0. The van der Waals surface area contributed by atoms with Gasteiger partial charge in [-0.2, -0.15) is 0 Å². The first-order valence-corrected chi connectivity index (χ1v) is 7.25. The van der Waals surface area contributed by atoms with Crippen molar-refractivity contribution in [1.82, 2.24) is 0 Å². The van der Waals surface area contributed by atoms with Gasteiger partial charge in [-0.1, -0.05) is 6.92 Å². The fourth-order valence-electron chi connectivity index (χ4n) is 0.342. The minimum absolute atomic E-state index is 0.0833. The van der Waals surface area contributed by atoms with E-state index in [1.165, 1.54) is 6.92 Å². The van der Waals surface area contributed by atoms with Crippen LogP contribution in [0.15, 0.2) is 35.5 Å². The van der Waals surface area contributed by atoms with Crippen LogP contribution >= 0.6 is 0 Å². The van der Waals surface area contributed by atoms with Crippen molar-refractivity contribution in [2.75, 3.05) is 0 Å². The van der Waals surface area contributed by atoms with Crippen LogP contribution in [0, 0.1) is 0 Å². The van der Waals surface area contributed by atoms with Crippen molar-refractivity contribution >= 4 is 31.8 Å². The monoisotopic (exact) mass is 316 g/mol. The van der Waals surface area contributed by atoms with E-state index in [2.05, 4.69) is 34.6 Å². The maximum Gasteiger partial charge on any atom is 0.300 e. The van der Waals surface area contributed by atoms with Crippen LogP contribution in [0.4, 0.5) is 0 Å². The van der Waals surface area contributed by atoms with Gasteiger partial charge in [-0.05, 0) is 0 Å². The third kappa shape index (κ3) is 134. The molecule has 0 bridgehead atoms. The van der Waals surface area contributed by atoms with Gasteiger partial charge in [-0.15, -0.1) is 12.3 Å². The summed E-state index contributed by atoms with van der Waals surface area (Å²) in [6.45, 7) is 6.58. The molecule has 0 amide bonds. The minimum atomic E-state index is -0.833. The van der Waals surface area contributed by atoms with Crippen molar-refractivity contribution in [3.63, 3.8) is 0 Å². The summed E-state index contributed by atoms with van der Waals surface area (Å²) in [6, 6.07) is 0. The molecular weight excluding hydrogens is 297 g/mol. The third-order valence-electron chi connectivity index (χ3n) is 0.607. The predicted molar refractivity (Wildman–Crippen MR) is 71.5 cm³/mol. The molecule has 5 nitrogen and oxygen atoms in total. The van der Waals surface area contributed by atoms with Gasteiger partial charge >= 0.3 is 43.0 Å². The molecule has 18 heavy (non-hydrogen) atoms. The molecule has 0 atom stereocenters. The Labute approximate surface area is 113 Å². The number of hydrogen-bond donors (Lipinski definition) is 2. The normalized spacial score (nSPS) is 9.50. The van der Waals surface area contributed by atoms with Crippen LogP contribution in [0.3, 0.4) is 0 Å². The molecule has 0 aromatic rings. The van der Waals surface area contributed by atoms with Crippen molar-refractivity contribution in [3.8, 4) is 0 Å². The van der Waals surface area contributed by atoms with Crippen molar-refractivity contribution in [3.05, 3.63) is 35.5 Å². The average Bonchev–Trinajstić information content (AvgIpc) is 2.17. The zero-order valence-electron chi connectivity index (χ0n) is 10.7. The van der Waals surface area contributed by atoms with Crippen molar-refractivity contribution in [1.29, 1.82) is 0 Å². The first-order valence-electron chi connectivity index (χ1n) is 4.82. The smallest absolute Gasteiger partial charge is 0.300 e. The summed E-state index contributed by atoms with van der Waals surface area (Å²) in [6.07, 6.45) is 6.28. The van der Waals surface area contributed by atoms with Gasteiger partial charge in [0.25, 0.3) is 11.9 Å². The molecule has 0 unspecified atom stereocenters. The molecule has 0 spiro atoms. The molecule has 0 saturated heterocycles.